The van der Waals surface area contributed by atoms with Gasteiger partial charge in [-0.05, 0) is 47.9 Å². The summed E-state index contributed by atoms with van der Waals surface area (Å²) in [6.45, 7) is 2.47. The Morgan fingerprint density at radius 3 is 2.34 bits per heavy atom. The maximum atomic E-state index is 13.6. The molecule has 0 saturated carbocycles. The number of amides is 1. The summed E-state index contributed by atoms with van der Waals surface area (Å²) in [5, 5.41) is 8.92. The second-order valence-electron chi connectivity index (χ2n) is 8.42. The van der Waals surface area contributed by atoms with Crippen molar-refractivity contribution in [3.05, 3.63) is 100.0 Å². The van der Waals surface area contributed by atoms with Crippen LogP contribution in [0.4, 0.5) is 0 Å². The first-order valence-electron chi connectivity index (χ1n) is 11.5. The van der Waals surface area contributed by atoms with E-state index >= 15 is 0 Å². The molecule has 1 amide bonds. The van der Waals surface area contributed by atoms with Crippen molar-refractivity contribution in [2.45, 2.75) is 19.9 Å². The summed E-state index contributed by atoms with van der Waals surface area (Å²) in [7, 11) is 3.42. The Bertz CT molecular complexity index is 1600. The quantitative estimate of drug-likeness (QED) is 0.403. The number of aromatic nitrogens is 3. The van der Waals surface area contributed by atoms with Gasteiger partial charge in [0.05, 0.1) is 12.8 Å². The Morgan fingerprint density at radius 1 is 0.971 bits per heavy atom. The number of aryl methyl sites for hydroxylation is 2. The lowest BCUT2D eigenvalue weighted by Crippen LogP contribution is -2.30. The smallest absolute Gasteiger partial charge is 0.296 e. The second kappa shape index (κ2) is 9.10. The molecule has 0 saturated heterocycles. The number of fused-ring (bicyclic) bond motifs is 3. The van der Waals surface area contributed by atoms with Gasteiger partial charge in [-0.25, -0.2) is 0 Å². The van der Waals surface area contributed by atoms with E-state index in [-0.39, 0.29) is 17.2 Å². The van der Waals surface area contributed by atoms with E-state index in [9.17, 15) is 9.59 Å². The number of hydrogen-bond acceptors (Lipinski definition) is 4. The fourth-order valence-electron chi connectivity index (χ4n) is 4.40. The Labute approximate surface area is 202 Å². The molecule has 0 aliphatic rings. The van der Waals surface area contributed by atoms with Crippen molar-refractivity contribution in [1.82, 2.24) is 19.7 Å². The van der Waals surface area contributed by atoms with Gasteiger partial charge in [0, 0.05) is 29.9 Å². The average Bonchev–Trinajstić information content (AvgIpc) is 3.21. The molecule has 2 heterocycles. The van der Waals surface area contributed by atoms with Gasteiger partial charge in [-0.3, -0.25) is 9.59 Å². The molecule has 0 aliphatic carbocycles. The van der Waals surface area contributed by atoms with Gasteiger partial charge in [0.1, 0.15) is 11.3 Å². The highest BCUT2D eigenvalue weighted by Crippen LogP contribution is 2.28. The lowest BCUT2D eigenvalue weighted by molar-refractivity contribution is 0.0946. The van der Waals surface area contributed by atoms with Crippen molar-refractivity contribution in [2.24, 2.45) is 7.05 Å². The van der Waals surface area contributed by atoms with Crippen LogP contribution in [0, 0.1) is 0 Å². The molecule has 0 aliphatic heterocycles. The zero-order chi connectivity index (χ0) is 24.5. The topological polar surface area (TPSA) is 78.2 Å². The summed E-state index contributed by atoms with van der Waals surface area (Å²) < 4.78 is 8.35. The number of hydrogen-bond donors (Lipinski definition) is 1. The fourth-order valence-corrected chi connectivity index (χ4v) is 4.40. The molecule has 0 bridgehead atoms. The van der Waals surface area contributed by atoms with Crippen LogP contribution < -0.4 is 15.6 Å². The van der Waals surface area contributed by atoms with Crippen molar-refractivity contribution in [2.75, 3.05) is 7.11 Å². The van der Waals surface area contributed by atoms with E-state index in [2.05, 4.69) is 29.5 Å². The van der Waals surface area contributed by atoms with Gasteiger partial charge in [-0.2, -0.15) is 9.78 Å². The Hall–Kier alpha value is -4.39. The molecular formula is C28H26N4O3. The predicted molar refractivity (Wildman–Crippen MR) is 137 cm³/mol. The van der Waals surface area contributed by atoms with Crippen LogP contribution in [0.2, 0.25) is 0 Å². The molecule has 0 fully saturated rings. The molecule has 35 heavy (non-hydrogen) atoms. The van der Waals surface area contributed by atoms with E-state index in [4.69, 9.17) is 4.74 Å². The number of nitrogens with one attached hydrogen (secondary N) is 1. The van der Waals surface area contributed by atoms with Crippen LogP contribution in [0.15, 0.2) is 77.6 Å². The third-order valence-electron chi connectivity index (χ3n) is 6.36. The minimum absolute atomic E-state index is 0.206. The zero-order valence-corrected chi connectivity index (χ0v) is 19.9. The maximum absolute atomic E-state index is 13.6. The molecule has 0 unspecified atom stereocenters. The molecule has 1 N–H and O–H groups in total. The third kappa shape index (κ3) is 3.95. The van der Waals surface area contributed by atoms with Crippen LogP contribution in [0.3, 0.4) is 0 Å². The van der Waals surface area contributed by atoms with Crippen LogP contribution in [-0.2, 0) is 20.0 Å². The number of para-hydroxylation sites is 1. The van der Waals surface area contributed by atoms with Crippen molar-refractivity contribution >= 4 is 27.7 Å². The molecule has 7 heteroatoms. The largest absolute Gasteiger partial charge is 0.497 e. The predicted octanol–water partition coefficient (Wildman–Crippen LogP) is 4.38. The second-order valence-corrected chi connectivity index (χ2v) is 8.42. The Balaban J connectivity index is 1.65. The molecule has 5 rings (SSSR count). The molecule has 3 aromatic carbocycles. The molecule has 176 valence electrons. The third-order valence-corrected chi connectivity index (χ3v) is 6.36. The summed E-state index contributed by atoms with van der Waals surface area (Å²) in [5.74, 6) is 0.327. The number of benzene rings is 3. The lowest BCUT2D eigenvalue weighted by Gasteiger charge is -2.11. The number of carbonyl (C=O) groups excluding carboxylic acids is 1. The number of ether oxygens (including phenoxy) is 1. The van der Waals surface area contributed by atoms with E-state index in [1.807, 2.05) is 48.0 Å². The van der Waals surface area contributed by atoms with Gasteiger partial charge in [-0.1, -0.05) is 49.4 Å². The SMILES string of the molecule is CCc1ccc(CNC(=O)c2nn(-c3ccc(OC)cc3)c(=O)c3c2c2ccccc2n3C)cc1. The molecular weight excluding hydrogens is 440 g/mol. The van der Waals surface area contributed by atoms with Crippen molar-refractivity contribution < 1.29 is 9.53 Å². The monoisotopic (exact) mass is 466 g/mol. The molecule has 0 spiro atoms. The van der Waals surface area contributed by atoms with Crippen LogP contribution in [-0.4, -0.2) is 27.4 Å². The Morgan fingerprint density at radius 2 is 1.66 bits per heavy atom. The highest BCUT2D eigenvalue weighted by Gasteiger charge is 2.23. The van der Waals surface area contributed by atoms with E-state index in [0.717, 1.165) is 22.9 Å². The van der Waals surface area contributed by atoms with Gasteiger partial charge < -0.3 is 14.6 Å². The highest BCUT2D eigenvalue weighted by atomic mass is 16.5. The van der Waals surface area contributed by atoms with Crippen molar-refractivity contribution in [1.29, 1.82) is 0 Å². The first-order valence-corrected chi connectivity index (χ1v) is 11.5. The summed E-state index contributed by atoms with van der Waals surface area (Å²) in [6.07, 6.45) is 0.961. The standard InChI is InChI=1S/C28H26N4O3/c1-4-18-9-11-19(12-10-18)17-29-27(33)25-24-22-7-5-6-8-23(22)31(2)26(24)28(34)32(30-25)20-13-15-21(35-3)16-14-20/h5-16H,4,17H2,1-3H3,(H,29,33). The molecule has 7 nitrogen and oxygen atoms in total. The Kier molecular flexibility index (Phi) is 5.82. The number of rotatable bonds is 6. The van der Waals surface area contributed by atoms with Gasteiger partial charge in [0.25, 0.3) is 11.5 Å². The number of methoxy groups -OCH3 is 1. The van der Waals surface area contributed by atoms with Crippen molar-refractivity contribution in [3.63, 3.8) is 0 Å². The zero-order valence-electron chi connectivity index (χ0n) is 19.9. The first-order chi connectivity index (χ1) is 17.0. The van der Waals surface area contributed by atoms with E-state index in [0.29, 0.717) is 28.9 Å². The van der Waals surface area contributed by atoms with Gasteiger partial charge in [0.15, 0.2) is 5.69 Å². The van der Waals surface area contributed by atoms with Crippen molar-refractivity contribution in [3.8, 4) is 11.4 Å². The van der Waals surface area contributed by atoms with Gasteiger partial charge >= 0.3 is 0 Å². The van der Waals surface area contributed by atoms with E-state index < -0.39 is 0 Å². The summed E-state index contributed by atoms with van der Waals surface area (Å²) in [4.78, 5) is 27.1. The fraction of sp³-hybridized carbons (Fsp3) is 0.179. The minimum atomic E-state index is -0.340. The summed E-state index contributed by atoms with van der Waals surface area (Å²) >= 11 is 0. The van der Waals surface area contributed by atoms with E-state index in [1.165, 1.54) is 10.2 Å². The average molecular weight is 467 g/mol. The van der Waals surface area contributed by atoms with Gasteiger partial charge in [0.2, 0.25) is 0 Å². The lowest BCUT2D eigenvalue weighted by atomic mass is 10.1. The number of nitrogens with zero attached hydrogens (tertiary/aromatic N) is 3. The summed E-state index contributed by atoms with van der Waals surface area (Å²) in [6, 6.07) is 22.8. The van der Waals surface area contributed by atoms with Crippen LogP contribution in [0.1, 0.15) is 28.5 Å². The first kappa shape index (κ1) is 22.4. The molecule has 5 aromatic rings. The minimum Gasteiger partial charge on any atom is -0.497 e. The normalized spacial score (nSPS) is 11.2. The van der Waals surface area contributed by atoms with E-state index in [1.54, 1.807) is 31.4 Å². The van der Waals surface area contributed by atoms with Crippen LogP contribution >= 0.6 is 0 Å². The molecule has 0 radical (unpaired) electrons. The number of carbonyl (C=O) groups is 1. The highest BCUT2D eigenvalue weighted by molar-refractivity contribution is 6.16. The van der Waals surface area contributed by atoms with Crippen LogP contribution in [0.25, 0.3) is 27.5 Å². The van der Waals surface area contributed by atoms with Gasteiger partial charge in [-0.15, -0.1) is 0 Å². The maximum Gasteiger partial charge on any atom is 0.296 e. The van der Waals surface area contributed by atoms with Crippen LogP contribution in [0.5, 0.6) is 5.75 Å². The molecule has 0 atom stereocenters. The summed E-state index contributed by atoms with van der Waals surface area (Å²) in [5.41, 5.74) is 3.98. The molecule has 2 aromatic heterocycles.